The Morgan fingerprint density at radius 3 is 2.64 bits per heavy atom. The van der Waals surface area contributed by atoms with Crippen molar-refractivity contribution in [2.75, 3.05) is 45.2 Å². The van der Waals surface area contributed by atoms with Crippen LogP contribution in [0, 0.1) is 29.8 Å². The number of pyridine rings is 1. The number of nitrogens with one attached hydrogen (secondary N) is 1. The van der Waals surface area contributed by atoms with Crippen LogP contribution in [0.5, 0.6) is 5.75 Å². The fraction of sp³-hybridized carbons (Fsp3) is 0.464. The maximum Gasteiger partial charge on any atom is 0.182 e. The summed E-state index contributed by atoms with van der Waals surface area (Å²) in [6, 6.07) is 7.45. The highest BCUT2D eigenvalue weighted by Gasteiger charge is 2.33. The summed E-state index contributed by atoms with van der Waals surface area (Å²) in [5.74, 6) is -2.26. The topological polar surface area (TPSA) is 57.6 Å². The Balaban J connectivity index is 1.30. The van der Waals surface area contributed by atoms with Crippen molar-refractivity contribution in [2.24, 2.45) is 5.41 Å². The highest BCUT2D eigenvalue weighted by molar-refractivity contribution is 5.84. The number of anilines is 1. The number of halogens is 3. The average molecular weight is 502 g/mol. The molecule has 36 heavy (non-hydrogen) atoms. The van der Waals surface area contributed by atoms with E-state index in [1.807, 2.05) is 24.4 Å². The van der Waals surface area contributed by atoms with Crippen molar-refractivity contribution >= 4 is 16.6 Å². The van der Waals surface area contributed by atoms with Crippen molar-refractivity contribution in [1.29, 1.82) is 0 Å². The molecular formula is C28H34F3N3O2. The second-order valence-electron chi connectivity index (χ2n) is 9.83. The van der Waals surface area contributed by atoms with Crippen molar-refractivity contribution in [3.05, 3.63) is 65.1 Å². The molecule has 2 N–H and O–H groups in total. The first kappa shape index (κ1) is 26.2. The van der Waals surface area contributed by atoms with Gasteiger partial charge in [0.25, 0.3) is 0 Å². The molecule has 4 rings (SSSR count). The maximum atomic E-state index is 13.8. The summed E-state index contributed by atoms with van der Waals surface area (Å²) in [6.07, 6.45) is 6.46. The summed E-state index contributed by atoms with van der Waals surface area (Å²) in [7, 11) is 1.66. The summed E-state index contributed by atoms with van der Waals surface area (Å²) in [5.41, 5.74) is 3.11. The zero-order valence-electron chi connectivity index (χ0n) is 20.9. The van der Waals surface area contributed by atoms with Gasteiger partial charge in [-0.05, 0) is 86.9 Å². The van der Waals surface area contributed by atoms with Crippen LogP contribution in [0.2, 0.25) is 0 Å². The number of aromatic nitrogens is 1. The number of aryl methyl sites for hydroxylation is 2. The molecule has 0 bridgehead atoms. The fourth-order valence-electron chi connectivity index (χ4n) is 5.20. The molecule has 0 radical (unpaired) electrons. The van der Waals surface area contributed by atoms with Gasteiger partial charge in [0.2, 0.25) is 0 Å². The standard InChI is InChI=1S/C28H34F3N3O2/c1-19-17-33-25-6-5-21(36-2)16-23(25)22(19)4-3-7-28(18-35)8-11-34(12-9-28)13-10-32-26-15-20(29)14-24(30)27(26)31/h5-6,14-17,32,35H,3-4,7-13,18H2,1-2H3. The van der Waals surface area contributed by atoms with Gasteiger partial charge in [-0.1, -0.05) is 0 Å². The second-order valence-corrected chi connectivity index (χ2v) is 9.83. The smallest absolute Gasteiger partial charge is 0.182 e. The predicted octanol–water partition coefficient (Wildman–Crippen LogP) is 5.48. The summed E-state index contributed by atoms with van der Waals surface area (Å²) >= 11 is 0. The summed E-state index contributed by atoms with van der Waals surface area (Å²) < 4.78 is 46.0. The predicted molar refractivity (Wildman–Crippen MR) is 136 cm³/mol. The van der Waals surface area contributed by atoms with Crippen LogP contribution in [-0.4, -0.2) is 54.9 Å². The first-order valence-electron chi connectivity index (χ1n) is 12.5. The van der Waals surface area contributed by atoms with Crippen LogP contribution in [0.3, 0.4) is 0 Å². The molecule has 0 amide bonds. The van der Waals surface area contributed by atoms with Crippen LogP contribution >= 0.6 is 0 Å². The molecule has 1 aromatic heterocycles. The van der Waals surface area contributed by atoms with E-state index in [4.69, 9.17) is 4.74 Å². The van der Waals surface area contributed by atoms with Gasteiger partial charge in [0.1, 0.15) is 11.6 Å². The van der Waals surface area contributed by atoms with Gasteiger partial charge < -0.3 is 20.1 Å². The lowest BCUT2D eigenvalue weighted by Gasteiger charge is -2.41. The Hall–Kier alpha value is -2.84. The molecule has 1 aliphatic heterocycles. The van der Waals surface area contributed by atoms with Crippen molar-refractivity contribution in [2.45, 2.75) is 39.0 Å². The molecule has 3 aromatic rings. The molecular weight excluding hydrogens is 467 g/mol. The lowest BCUT2D eigenvalue weighted by Crippen LogP contribution is -2.43. The van der Waals surface area contributed by atoms with E-state index in [-0.39, 0.29) is 17.7 Å². The van der Waals surface area contributed by atoms with Crippen molar-refractivity contribution in [3.63, 3.8) is 0 Å². The molecule has 5 nitrogen and oxygen atoms in total. The largest absolute Gasteiger partial charge is 0.497 e. The summed E-state index contributed by atoms with van der Waals surface area (Å²) in [5, 5.41) is 14.2. The van der Waals surface area contributed by atoms with Gasteiger partial charge in [-0.2, -0.15) is 0 Å². The van der Waals surface area contributed by atoms with Crippen LogP contribution in [0.25, 0.3) is 10.9 Å². The van der Waals surface area contributed by atoms with Gasteiger partial charge in [0.15, 0.2) is 11.6 Å². The van der Waals surface area contributed by atoms with E-state index in [1.165, 1.54) is 5.56 Å². The number of likely N-dealkylation sites (tertiary alicyclic amines) is 1. The van der Waals surface area contributed by atoms with Gasteiger partial charge in [-0.25, -0.2) is 13.2 Å². The van der Waals surface area contributed by atoms with Gasteiger partial charge in [-0.3, -0.25) is 4.98 Å². The van der Waals surface area contributed by atoms with Crippen LogP contribution < -0.4 is 10.1 Å². The van der Waals surface area contributed by atoms with E-state index in [0.717, 1.165) is 73.5 Å². The molecule has 1 saturated heterocycles. The van der Waals surface area contributed by atoms with Gasteiger partial charge in [0.05, 0.1) is 18.3 Å². The van der Waals surface area contributed by atoms with Gasteiger partial charge >= 0.3 is 0 Å². The molecule has 0 saturated carbocycles. The van der Waals surface area contributed by atoms with Gasteiger partial charge in [0, 0.05) is 43.4 Å². The maximum absolute atomic E-state index is 13.8. The molecule has 2 aromatic carbocycles. The van der Waals surface area contributed by atoms with Crippen molar-refractivity contribution in [1.82, 2.24) is 9.88 Å². The van der Waals surface area contributed by atoms with Crippen molar-refractivity contribution in [3.8, 4) is 5.75 Å². The Kier molecular flexibility index (Phi) is 8.36. The van der Waals surface area contributed by atoms with Crippen molar-refractivity contribution < 1.29 is 23.0 Å². The van der Waals surface area contributed by atoms with E-state index < -0.39 is 17.5 Å². The number of benzene rings is 2. The first-order valence-corrected chi connectivity index (χ1v) is 12.5. The number of hydrogen-bond donors (Lipinski definition) is 2. The zero-order valence-corrected chi connectivity index (χ0v) is 20.9. The minimum Gasteiger partial charge on any atom is -0.497 e. The molecule has 0 unspecified atom stereocenters. The van der Waals surface area contributed by atoms with Crippen LogP contribution in [-0.2, 0) is 6.42 Å². The number of ether oxygens (including phenoxy) is 1. The number of rotatable bonds is 10. The number of nitrogens with zero attached hydrogens (tertiary/aromatic N) is 2. The molecule has 1 aliphatic rings. The summed E-state index contributed by atoms with van der Waals surface area (Å²) in [4.78, 5) is 6.78. The fourth-order valence-corrected chi connectivity index (χ4v) is 5.20. The van der Waals surface area contributed by atoms with E-state index in [9.17, 15) is 18.3 Å². The van der Waals surface area contributed by atoms with Gasteiger partial charge in [-0.15, -0.1) is 0 Å². The van der Waals surface area contributed by atoms with Crippen LogP contribution in [0.1, 0.15) is 36.8 Å². The number of hydrogen-bond acceptors (Lipinski definition) is 5. The Labute approximate surface area is 210 Å². The molecule has 0 spiro atoms. The van der Waals surface area contributed by atoms with E-state index in [2.05, 4.69) is 22.1 Å². The SMILES string of the molecule is COc1ccc2ncc(C)c(CCCC3(CO)CCN(CCNc4cc(F)cc(F)c4F)CC3)c2c1. The quantitative estimate of drug-likeness (QED) is 0.361. The molecule has 0 aliphatic carbocycles. The Morgan fingerprint density at radius 1 is 1.14 bits per heavy atom. The highest BCUT2D eigenvalue weighted by Crippen LogP contribution is 2.37. The highest BCUT2D eigenvalue weighted by atomic mass is 19.2. The molecule has 1 fully saturated rings. The first-order chi connectivity index (χ1) is 17.3. The number of methoxy groups -OCH3 is 1. The summed E-state index contributed by atoms with van der Waals surface area (Å²) in [6.45, 7) is 4.87. The molecule has 8 heteroatoms. The monoisotopic (exact) mass is 501 g/mol. The third kappa shape index (κ3) is 5.93. The van der Waals surface area contributed by atoms with E-state index in [0.29, 0.717) is 19.2 Å². The number of piperidine rings is 1. The number of aliphatic hydroxyl groups is 1. The number of aliphatic hydroxyl groups excluding tert-OH is 1. The zero-order chi connectivity index (χ0) is 25.7. The lowest BCUT2D eigenvalue weighted by molar-refractivity contribution is 0.0370. The average Bonchev–Trinajstić information content (AvgIpc) is 2.88. The Bertz CT molecular complexity index is 1200. The molecule has 2 heterocycles. The normalized spacial score (nSPS) is 15.8. The minimum absolute atomic E-state index is 0.115. The third-order valence-corrected chi connectivity index (χ3v) is 7.52. The molecule has 0 atom stereocenters. The van der Waals surface area contributed by atoms with Crippen LogP contribution in [0.15, 0.2) is 36.5 Å². The lowest BCUT2D eigenvalue weighted by atomic mass is 9.75. The molecule has 194 valence electrons. The second kappa shape index (κ2) is 11.5. The minimum atomic E-state index is -1.20. The third-order valence-electron chi connectivity index (χ3n) is 7.52. The number of fused-ring (bicyclic) bond motifs is 1. The van der Waals surface area contributed by atoms with E-state index >= 15 is 0 Å². The van der Waals surface area contributed by atoms with E-state index in [1.54, 1.807) is 7.11 Å². The Morgan fingerprint density at radius 2 is 1.92 bits per heavy atom. The van der Waals surface area contributed by atoms with Crippen LogP contribution in [0.4, 0.5) is 18.9 Å².